The van der Waals surface area contributed by atoms with Crippen molar-refractivity contribution in [1.29, 1.82) is 0 Å². The molecule has 0 aliphatic rings. The predicted octanol–water partition coefficient (Wildman–Crippen LogP) is 4.50. The summed E-state index contributed by atoms with van der Waals surface area (Å²) in [6.45, 7) is 3.95. The van der Waals surface area contributed by atoms with Gasteiger partial charge in [-0.3, -0.25) is 0 Å². The minimum Gasteiger partial charge on any atom is -0.351 e. The summed E-state index contributed by atoms with van der Waals surface area (Å²) in [5.74, 6) is 0.230. The zero-order chi connectivity index (χ0) is 16.5. The number of nitrogens with zero attached hydrogens (tertiary/aromatic N) is 2. The first-order chi connectivity index (χ1) is 10.2. The molecular weight excluding hydrogens is 315 g/mol. The van der Waals surface area contributed by atoms with E-state index in [2.05, 4.69) is 4.98 Å². The molecule has 0 radical (unpaired) electrons. The maximum atomic E-state index is 12.6. The summed E-state index contributed by atoms with van der Waals surface area (Å²) >= 11 is 1.27. The van der Waals surface area contributed by atoms with Gasteiger partial charge in [-0.15, -0.1) is 11.3 Å². The molecule has 0 unspecified atom stereocenters. The average molecular weight is 329 g/mol. The quantitative estimate of drug-likeness (QED) is 0.901. The summed E-state index contributed by atoms with van der Waals surface area (Å²) in [5, 5.41) is 0.330. The number of anilines is 2. The highest BCUT2D eigenvalue weighted by Crippen LogP contribution is 2.35. The molecule has 118 valence electrons. The number of nitrogens with two attached hydrogens (primary N) is 1. The van der Waals surface area contributed by atoms with Crippen molar-refractivity contribution in [2.75, 3.05) is 4.90 Å². The largest absolute Gasteiger partial charge is 0.416 e. The van der Waals surface area contributed by atoms with Crippen LogP contribution in [0.4, 0.5) is 28.8 Å². The van der Waals surface area contributed by atoms with Crippen molar-refractivity contribution in [2.24, 2.45) is 5.73 Å². The molecular formula is C14H14F3N3OS. The van der Waals surface area contributed by atoms with Gasteiger partial charge in [0.25, 0.3) is 0 Å². The van der Waals surface area contributed by atoms with E-state index in [0.717, 1.165) is 21.9 Å². The van der Waals surface area contributed by atoms with Gasteiger partial charge in [-0.1, -0.05) is 13.8 Å². The number of benzene rings is 1. The molecule has 0 saturated heterocycles. The van der Waals surface area contributed by atoms with Crippen LogP contribution in [0, 0.1) is 0 Å². The fourth-order valence-corrected chi connectivity index (χ4v) is 2.72. The van der Waals surface area contributed by atoms with E-state index in [9.17, 15) is 18.0 Å². The minimum atomic E-state index is -4.43. The topological polar surface area (TPSA) is 59.2 Å². The Morgan fingerprint density at radius 1 is 1.27 bits per heavy atom. The SMILES string of the molecule is CC(C)c1cnc(N(C(N)=O)c2ccc(C(F)(F)F)cc2)s1. The van der Waals surface area contributed by atoms with Crippen LogP contribution in [0.5, 0.6) is 0 Å². The van der Waals surface area contributed by atoms with E-state index in [1.807, 2.05) is 13.8 Å². The number of carbonyl (C=O) groups excluding carboxylic acids is 1. The van der Waals surface area contributed by atoms with Gasteiger partial charge in [0.2, 0.25) is 0 Å². The molecule has 2 rings (SSSR count). The molecule has 0 bridgehead atoms. The van der Waals surface area contributed by atoms with Gasteiger partial charge in [0, 0.05) is 11.1 Å². The van der Waals surface area contributed by atoms with Crippen molar-refractivity contribution >= 4 is 28.2 Å². The van der Waals surface area contributed by atoms with Gasteiger partial charge in [-0.2, -0.15) is 13.2 Å². The number of amides is 2. The van der Waals surface area contributed by atoms with E-state index in [1.54, 1.807) is 6.20 Å². The third-order valence-electron chi connectivity index (χ3n) is 2.94. The second kappa shape index (κ2) is 5.96. The van der Waals surface area contributed by atoms with Crippen LogP contribution in [0.3, 0.4) is 0 Å². The summed E-state index contributed by atoms with van der Waals surface area (Å²) < 4.78 is 37.7. The maximum Gasteiger partial charge on any atom is 0.416 e. The van der Waals surface area contributed by atoms with Gasteiger partial charge in [0.1, 0.15) is 0 Å². The summed E-state index contributed by atoms with van der Waals surface area (Å²) in [4.78, 5) is 17.8. The lowest BCUT2D eigenvalue weighted by Crippen LogP contribution is -2.31. The number of urea groups is 1. The Bertz CT molecular complexity index is 665. The molecule has 1 aromatic heterocycles. The van der Waals surface area contributed by atoms with Crippen molar-refractivity contribution in [2.45, 2.75) is 25.9 Å². The first-order valence-corrected chi connectivity index (χ1v) is 7.24. The van der Waals surface area contributed by atoms with E-state index in [0.29, 0.717) is 5.13 Å². The molecule has 22 heavy (non-hydrogen) atoms. The summed E-state index contributed by atoms with van der Waals surface area (Å²) in [6, 6.07) is 3.41. The summed E-state index contributed by atoms with van der Waals surface area (Å²) in [5.41, 5.74) is 4.79. The van der Waals surface area contributed by atoms with Crippen LogP contribution < -0.4 is 10.6 Å². The maximum absolute atomic E-state index is 12.6. The minimum absolute atomic E-state index is 0.230. The molecule has 0 atom stereocenters. The van der Waals surface area contributed by atoms with Crippen molar-refractivity contribution in [3.05, 3.63) is 40.9 Å². The van der Waals surface area contributed by atoms with Crippen LogP contribution in [0.2, 0.25) is 0 Å². The molecule has 0 aliphatic heterocycles. The fourth-order valence-electron chi connectivity index (χ4n) is 1.78. The van der Waals surface area contributed by atoms with E-state index in [-0.39, 0.29) is 11.6 Å². The van der Waals surface area contributed by atoms with Gasteiger partial charge in [0.05, 0.1) is 11.3 Å². The van der Waals surface area contributed by atoms with Gasteiger partial charge in [0.15, 0.2) is 5.13 Å². The van der Waals surface area contributed by atoms with Crippen molar-refractivity contribution in [1.82, 2.24) is 4.98 Å². The normalized spacial score (nSPS) is 11.7. The smallest absolute Gasteiger partial charge is 0.351 e. The second-order valence-corrected chi connectivity index (χ2v) is 5.96. The van der Waals surface area contributed by atoms with Crippen LogP contribution in [0.15, 0.2) is 30.5 Å². The van der Waals surface area contributed by atoms with Gasteiger partial charge < -0.3 is 5.73 Å². The Morgan fingerprint density at radius 3 is 2.27 bits per heavy atom. The Hall–Kier alpha value is -2.09. The van der Waals surface area contributed by atoms with Crippen molar-refractivity contribution in [3.63, 3.8) is 0 Å². The Morgan fingerprint density at radius 2 is 1.86 bits per heavy atom. The number of halogens is 3. The molecule has 1 aromatic carbocycles. The predicted molar refractivity (Wildman–Crippen MR) is 79.4 cm³/mol. The standard InChI is InChI=1S/C14H14F3N3OS/c1-8(2)11-7-19-13(22-11)20(12(18)21)10-5-3-9(4-6-10)14(15,16)17/h3-8H,1-2H3,(H2,18,21). The number of aromatic nitrogens is 1. The first kappa shape index (κ1) is 16.3. The number of hydrogen-bond acceptors (Lipinski definition) is 3. The van der Waals surface area contributed by atoms with Crippen LogP contribution in [-0.2, 0) is 6.18 Å². The van der Waals surface area contributed by atoms with E-state index < -0.39 is 17.8 Å². The number of alkyl halides is 3. The lowest BCUT2D eigenvalue weighted by atomic mass is 10.2. The second-order valence-electron chi connectivity index (χ2n) is 4.92. The van der Waals surface area contributed by atoms with Crippen molar-refractivity contribution < 1.29 is 18.0 Å². The van der Waals surface area contributed by atoms with Crippen LogP contribution in [0.1, 0.15) is 30.2 Å². The highest BCUT2D eigenvalue weighted by atomic mass is 32.1. The zero-order valence-electron chi connectivity index (χ0n) is 11.9. The van der Waals surface area contributed by atoms with Gasteiger partial charge in [-0.05, 0) is 30.2 Å². The van der Waals surface area contributed by atoms with Crippen LogP contribution in [0.25, 0.3) is 0 Å². The van der Waals surface area contributed by atoms with E-state index in [1.165, 1.54) is 23.5 Å². The van der Waals surface area contributed by atoms with Crippen LogP contribution >= 0.6 is 11.3 Å². The lowest BCUT2D eigenvalue weighted by Gasteiger charge is -2.18. The molecule has 4 nitrogen and oxygen atoms in total. The first-order valence-electron chi connectivity index (χ1n) is 6.42. The summed E-state index contributed by atoms with van der Waals surface area (Å²) in [7, 11) is 0. The highest BCUT2D eigenvalue weighted by Gasteiger charge is 2.30. The van der Waals surface area contributed by atoms with Gasteiger partial charge >= 0.3 is 12.2 Å². The Kier molecular flexibility index (Phi) is 4.41. The lowest BCUT2D eigenvalue weighted by molar-refractivity contribution is -0.137. The summed E-state index contributed by atoms with van der Waals surface area (Å²) in [6.07, 6.45) is -2.80. The molecule has 0 aliphatic carbocycles. The molecule has 1 heterocycles. The number of rotatable bonds is 3. The third-order valence-corrected chi connectivity index (χ3v) is 4.23. The van der Waals surface area contributed by atoms with Crippen LogP contribution in [-0.4, -0.2) is 11.0 Å². The monoisotopic (exact) mass is 329 g/mol. The fraction of sp³-hybridized carbons (Fsp3) is 0.286. The van der Waals surface area contributed by atoms with E-state index >= 15 is 0 Å². The molecule has 8 heteroatoms. The van der Waals surface area contributed by atoms with Gasteiger partial charge in [-0.25, -0.2) is 14.7 Å². The molecule has 2 aromatic rings. The molecule has 0 spiro atoms. The Balaban J connectivity index is 2.37. The average Bonchev–Trinajstić information content (AvgIpc) is 2.87. The zero-order valence-corrected chi connectivity index (χ0v) is 12.7. The van der Waals surface area contributed by atoms with E-state index in [4.69, 9.17) is 5.73 Å². The number of thiazole rings is 1. The number of primary amides is 1. The van der Waals surface area contributed by atoms with Crippen molar-refractivity contribution in [3.8, 4) is 0 Å². The number of hydrogen-bond donors (Lipinski definition) is 1. The molecule has 2 amide bonds. The third kappa shape index (κ3) is 3.38. The molecule has 0 saturated carbocycles. The highest BCUT2D eigenvalue weighted by molar-refractivity contribution is 7.15. The molecule has 2 N–H and O–H groups in total. The Labute approximate surface area is 129 Å². The molecule has 0 fully saturated rings. The number of carbonyl (C=O) groups is 1.